The van der Waals surface area contributed by atoms with Crippen molar-refractivity contribution in [3.8, 4) is 5.69 Å². The zero-order valence-electron chi connectivity index (χ0n) is 10.5. The lowest BCUT2D eigenvalue weighted by molar-refractivity contribution is 0.570. The molecule has 0 fully saturated rings. The van der Waals surface area contributed by atoms with Crippen LogP contribution in [0.15, 0.2) is 28.9 Å². The van der Waals surface area contributed by atoms with E-state index in [1.807, 2.05) is 0 Å². The molecule has 1 aromatic carbocycles. The molecule has 0 saturated heterocycles. The van der Waals surface area contributed by atoms with E-state index in [1.165, 1.54) is 10.7 Å². The minimum absolute atomic E-state index is 0.211. The molecule has 1 N–H and O–H groups in total. The van der Waals surface area contributed by atoms with E-state index in [4.69, 9.17) is 0 Å². The van der Waals surface area contributed by atoms with Gasteiger partial charge in [0.1, 0.15) is 11.5 Å². The summed E-state index contributed by atoms with van der Waals surface area (Å²) in [6.45, 7) is 3.61. The lowest BCUT2D eigenvalue weighted by atomic mass is 10.3. The predicted molar refractivity (Wildman–Crippen MR) is 73.2 cm³/mol. The summed E-state index contributed by atoms with van der Waals surface area (Å²) in [4.78, 5) is 0. The van der Waals surface area contributed by atoms with Crippen molar-refractivity contribution in [1.82, 2.24) is 15.1 Å². The maximum absolute atomic E-state index is 13.8. The highest BCUT2D eigenvalue weighted by Gasteiger charge is 2.12. The van der Waals surface area contributed by atoms with Gasteiger partial charge in [0.2, 0.25) is 0 Å². The summed E-state index contributed by atoms with van der Waals surface area (Å²) in [7, 11) is 0. The maximum atomic E-state index is 13.8. The van der Waals surface area contributed by atoms with Crippen molar-refractivity contribution in [2.24, 2.45) is 0 Å². The molecular weight excluding hydrogens is 316 g/mol. The summed E-state index contributed by atoms with van der Waals surface area (Å²) in [5.74, 6) is -1.27. The zero-order chi connectivity index (χ0) is 13.8. The molecule has 0 amide bonds. The first-order valence-corrected chi connectivity index (χ1v) is 6.81. The average molecular weight is 330 g/mol. The Labute approximate surface area is 118 Å². The van der Waals surface area contributed by atoms with Crippen molar-refractivity contribution in [2.75, 3.05) is 6.54 Å². The fraction of sp³-hybridized carbons (Fsp3) is 0.308. The van der Waals surface area contributed by atoms with Crippen LogP contribution in [-0.2, 0) is 6.54 Å². The van der Waals surface area contributed by atoms with E-state index in [0.29, 0.717) is 11.0 Å². The lowest BCUT2D eigenvalue weighted by Gasteiger charge is -2.06. The van der Waals surface area contributed by atoms with Gasteiger partial charge in [-0.25, -0.2) is 13.5 Å². The number of rotatable bonds is 5. The first-order chi connectivity index (χ1) is 9.11. The van der Waals surface area contributed by atoms with E-state index >= 15 is 0 Å². The van der Waals surface area contributed by atoms with Crippen molar-refractivity contribution in [3.05, 3.63) is 46.2 Å². The normalized spacial score (nSPS) is 10.9. The largest absolute Gasteiger partial charge is 0.311 e. The van der Waals surface area contributed by atoms with E-state index in [0.717, 1.165) is 24.7 Å². The number of nitrogens with zero attached hydrogens (tertiary/aromatic N) is 2. The van der Waals surface area contributed by atoms with Gasteiger partial charge in [-0.3, -0.25) is 0 Å². The van der Waals surface area contributed by atoms with Crippen LogP contribution in [-0.4, -0.2) is 16.3 Å². The van der Waals surface area contributed by atoms with E-state index in [1.54, 1.807) is 12.3 Å². The number of hydrogen-bond acceptors (Lipinski definition) is 2. The molecule has 1 heterocycles. The minimum Gasteiger partial charge on any atom is -0.311 e. The van der Waals surface area contributed by atoms with Crippen LogP contribution in [0.3, 0.4) is 0 Å². The lowest BCUT2D eigenvalue weighted by Crippen LogP contribution is -2.14. The Morgan fingerprint density at radius 1 is 1.37 bits per heavy atom. The summed E-state index contributed by atoms with van der Waals surface area (Å²) in [5.41, 5.74) is 1.02. The van der Waals surface area contributed by atoms with Gasteiger partial charge in [0.25, 0.3) is 0 Å². The van der Waals surface area contributed by atoms with Crippen LogP contribution in [0.4, 0.5) is 8.78 Å². The molecule has 0 bridgehead atoms. The van der Waals surface area contributed by atoms with Gasteiger partial charge in [-0.2, -0.15) is 5.10 Å². The molecule has 2 aromatic rings. The van der Waals surface area contributed by atoms with Crippen LogP contribution in [0, 0.1) is 11.6 Å². The molecule has 19 heavy (non-hydrogen) atoms. The third-order valence-electron chi connectivity index (χ3n) is 2.59. The maximum Gasteiger partial charge on any atom is 0.152 e. The second-order valence-electron chi connectivity index (χ2n) is 4.15. The predicted octanol–water partition coefficient (Wildman–Crippen LogP) is 3.41. The number of aromatic nitrogens is 2. The van der Waals surface area contributed by atoms with Crippen molar-refractivity contribution in [3.63, 3.8) is 0 Å². The Morgan fingerprint density at radius 3 is 2.84 bits per heavy atom. The highest BCUT2D eigenvalue weighted by molar-refractivity contribution is 9.10. The molecule has 0 atom stereocenters. The molecule has 0 radical (unpaired) electrons. The summed E-state index contributed by atoms with van der Waals surface area (Å²) < 4.78 is 28.5. The highest BCUT2D eigenvalue weighted by atomic mass is 79.9. The second kappa shape index (κ2) is 6.25. The van der Waals surface area contributed by atoms with Crippen LogP contribution >= 0.6 is 15.9 Å². The molecule has 2 rings (SSSR count). The number of hydrogen-bond donors (Lipinski definition) is 1. The molecule has 1 aromatic heterocycles. The van der Waals surface area contributed by atoms with Gasteiger partial charge < -0.3 is 5.32 Å². The third kappa shape index (κ3) is 3.39. The van der Waals surface area contributed by atoms with Gasteiger partial charge in [0.15, 0.2) is 5.82 Å². The quantitative estimate of drug-likeness (QED) is 0.852. The SMILES string of the molecule is CCCNCc1ccn(-c2c(F)cc(F)cc2Br)n1. The zero-order valence-corrected chi connectivity index (χ0v) is 12.0. The van der Waals surface area contributed by atoms with Crippen LogP contribution < -0.4 is 5.32 Å². The van der Waals surface area contributed by atoms with E-state index < -0.39 is 11.6 Å². The van der Waals surface area contributed by atoms with Crippen molar-refractivity contribution in [2.45, 2.75) is 19.9 Å². The Bertz CT molecular complexity index is 546. The summed E-state index contributed by atoms with van der Waals surface area (Å²) in [6.07, 6.45) is 2.70. The van der Waals surface area contributed by atoms with Gasteiger partial charge >= 0.3 is 0 Å². The molecule has 0 spiro atoms. The Morgan fingerprint density at radius 2 is 2.16 bits per heavy atom. The number of halogens is 3. The van der Waals surface area contributed by atoms with E-state index in [2.05, 4.69) is 33.3 Å². The standard InChI is InChI=1S/C13H14BrF2N3/c1-2-4-17-8-10-3-5-19(18-10)13-11(14)6-9(15)7-12(13)16/h3,5-7,17H,2,4,8H2,1H3. The molecule has 0 saturated carbocycles. The van der Waals surface area contributed by atoms with Crippen LogP contribution in [0.1, 0.15) is 19.0 Å². The van der Waals surface area contributed by atoms with E-state index in [9.17, 15) is 8.78 Å². The van der Waals surface area contributed by atoms with E-state index in [-0.39, 0.29) is 5.69 Å². The Hall–Kier alpha value is -1.27. The van der Waals surface area contributed by atoms with Crippen molar-refractivity contribution < 1.29 is 8.78 Å². The molecular formula is C13H14BrF2N3. The molecule has 6 heteroatoms. The topological polar surface area (TPSA) is 29.9 Å². The Kier molecular flexibility index (Phi) is 4.66. The average Bonchev–Trinajstić information content (AvgIpc) is 2.76. The van der Waals surface area contributed by atoms with Gasteiger partial charge in [0.05, 0.1) is 5.69 Å². The molecule has 0 aliphatic rings. The van der Waals surface area contributed by atoms with Gasteiger partial charge in [-0.1, -0.05) is 6.92 Å². The number of nitrogens with one attached hydrogen (secondary N) is 1. The van der Waals surface area contributed by atoms with Crippen molar-refractivity contribution in [1.29, 1.82) is 0 Å². The molecule has 0 aliphatic carbocycles. The van der Waals surface area contributed by atoms with Gasteiger partial charge in [0, 0.05) is 23.3 Å². The monoisotopic (exact) mass is 329 g/mol. The summed E-state index contributed by atoms with van der Waals surface area (Å²) in [5, 5.41) is 7.48. The fourth-order valence-electron chi connectivity index (χ4n) is 1.73. The third-order valence-corrected chi connectivity index (χ3v) is 3.19. The second-order valence-corrected chi connectivity index (χ2v) is 5.00. The molecule has 3 nitrogen and oxygen atoms in total. The first kappa shape index (κ1) is 14.1. The number of benzene rings is 1. The molecule has 102 valence electrons. The fourth-order valence-corrected chi connectivity index (χ4v) is 2.32. The first-order valence-electron chi connectivity index (χ1n) is 6.02. The Balaban J connectivity index is 2.23. The van der Waals surface area contributed by atoms with Crippen molar-refractivity contribution >= 4 is 15.9 Å². The summed E-state index contributed by atoms with van der Waals surface area (Å²) in [6, 6.07) is 3.86. The minimum atomic E-state index is -0.650. The van der Waals surface area contributed by atoms with Crippen LogP contribution in [0.2, 0.25) is 0 Å². The van der Waals surface area contributed by atoms with Gasteiger partial charge in [-0.05, 0) is 41.0 Å². The van der Waals surface area contributed by atoms with Crippen LogP contribution in [0.5, 0.6) is 0 Å². The molecule has 0 unspecified atom stereocenters. The molecule has 0 aliphatic heterocycles. The van der Waals surface area contributed by atoms with Gasteiger partial charge in [-0.15, -0.1) is 0 Å². The smallest absolute Gasteiger partial charge is 0.152 e. The van der Waals surface area contributed by atoms with Crippen LogP contribution in [0.25, 0.3) is 5.69 Å². The summed E-state index contributed by atoms with van der Waals surface area (Å²) >= 11 is 3.15. The highest BCUT2D eigenvalue weighted by Crippen LogP contribution is 2.25.